The van der Waals surface area contributed by atoms with Gasteiger partial charge in [-0.15, -0.1) is 0 Å². The second-order valence-corrected chi connectivity index (χ2v) is 6.31. The molecule has 0 bridgehead atoms. The molecule has 2 aromatic rings. The second-order valence-electron chi connectivity index (χ2n) is 6.31. The Bertz CT molecular complexity index is 803. The third-order valence-corrected chi connectivity index (χ3v) is 4.58. The zero-order valence-corrected chi connectivity index (χ0v) is 14.1. The van der Waals surface area contributed by atoms with Gasteiger partial charge in [-0.05, 0) is 62.2 Å². The van der Waals surface area contributed by atoms with Crippen LogP contribution >= 0.6 is 0 Å². The lowest BCUT2D eigenvalue weighted by atomic mass is 10.0. The number of carbonyl (C=O) groups excluding carboxylic acids is 1. The van der Waals surface area contributed by atoms with Crippen LogP contribution in [0.2, 0.25) is 0 Å². The first-order valence-corrected chi connectivity index (χ1v) is 8.39. The minimum Gasteiger partial charge on any atom is -0.382 e. The highest BCUT2D eigenvalue weighted by molar-refractivity contribution is 5.95. The molecule has 0 amide bonds. The van der Waals surface area contributed by atoms with E-state index in [9.17, 15) is 14.4 Å². The summed E-state index contributed by atoms with van der Waals surface area (Å²) in [6.45, 7) is 3.13. The van der Waals surface area contributed by atoms with Crippen molar-refractivity contribution in [2.75, 3.05) is 23.3 Å². The molecule has 0 aromatic heterocycles. The van der Waals surface area contributed by atoms with Crippen LogP contribution < -0.4 is 10.2 Å². The summed E-state index contributed by atoms with van der Waals surface area (Å²) in [5, 5.41) is 12.8. The average Bonchev–Trinajstić information content (AvgIpc) is 2.63. The van der Waals surface area contributed by atoms with E-state index >= 15 is 0 Å². The lowest BCUT2D eigenvalue weighted by Crippen LogP contribution is -2.39. The highest BCUT2D eigenvalue weighted by atomic mass is 19.1. The second kappa shape index (κ2) is 7.35. The number of nitrogens with zero attached hydrogens (tertiary/aromatic N) is 2. The van der Waals surface area contributed by atoms with E-state index in [1.807, 2.05) is 6.07 Å². The summed E-state index contributed by atoms with van der Waals surface area (Å²) in [6.07, 6.45) is 1.82. The molecule has 1 N–H and O–H groups in total. The molecule has 25 heavy (non-hydrogen) atoms. The molecule has 1 heterocycles. The van der Waals surface area contributed by atoms with Crippen LogP contribution in [-0.4, -0.2) is 24.9 Å². The van der Waals surface area contributed by atoms with Crippen molar-refractivity contribution in [3.8, 4) is 6.07 Å². The van der Waals surface area contributed by atoms with Gasteiger partial charge in [0.2, 0.25) is 0 Å². The van der Waals surface area contributed by atoms with Crippen molar-refractivity contribution in [1.29, 1.82) is 5.26 Å². The maximum Gasteiger partial charge on any atom is 0.159 e. The van der Waals surface area contributed by atoms with Crippen LogP contribution in [-0.2, 0) is 0 Å². The smallest absolute Gasteiger partial charge is 0.159 e. The van der Waals surface area contributed by atoms with Crippen LogP contribution in [0.1, 0.15) is 35.7 Å². The number of halogens is 1. The summed E-state index contributed by atoms with van der Waals surface area (Å²) in [4.78, 5) is 13.8. The molecule has 1 fully saturated rings. The topological polar surface area (TPSA) is 56.1 Å². The van der Waals surface area contributed by atoms with Crippen molar-refractivity contribution in [2.24, 2.45) is 0 Å². The summed E-state index contributed by atoms with van der Waals surface area (Å²) in [5.74, 6) is -0.242. The van der Waals surface area contributed by atoms with Gasteiger partial charge >= 0.3 is 0 Å². The monoisotopic (exact) mass is 337 g/mol. The van der Waals surface area contributed by atoms with Crippen LogP contribution in [0.4, 0.5) is 15.8 Å². The fourth-order valence-corrected chi connectivity index (χ4v) is 3.15. The van der Waals surface area contributed by atoms with Gasteiger partial charge in [-0.1, -0.05) is 0 Å². The Labute approximate surface area is 146 Å². The molecular formula is C20H20FN3O. The molecular weight excluding hydrogens is 317 g/mol. The number of piperidine rings is 1. The van der Waals surface area contributed by atoms with Crippen LogP contribution in [0.5, 0.6) is 0 Å². The van der Waals surface area contributed by atoms with Crippen LogP contribution in [0.25, 0.3) is 0 Å². The lowest BCUT2D eigenvalue weighted by molar-refractivity contribution is 0.101. The molecule has 0 radical (unpaired) electrons. The van der Waals surface area contributed by atoms with Crippen molar-refractivity contribution < 1.29 is 9.18 Å². The van der Waals surface area contributed by atoms with Crippen molar-refractivity contribution in [2.45, 2.75) is 25.8 Å². The lowest BCUT2D eigenvalue weighted by Gasteiger charge is -2.35. The van der Waals surface area contributed by atoms with Gasteiger partial charge in [0, 0.05) is 30.4 Å². The van der Waals surface area contributed by atoms with E-state index < -0.39 is 0 Å². The molecule has 128 valence electrons. The summed E-state index contributed by atoms with van der Waals surface area (Å²) in [7, 11) is 0. The number of ketones is 1. The molecule has 2 aromatic carbocycles. The van der Waals surface area contributed by atoms with Gasteiger partial charge in [-0.2, -0.15) is 5.26 Å². The van der Waals surface area contributed by atoms with E-state index in [-0.39, 0.29) is 11.6 Å². The molecule has 1 saturated heterocycles. The molecule has 0 spiro atoms. The first kappa shape index (κ1) is 17.0. The average molecular weight is 337 g/mol. The number of hydrogen-bond acceptors (Lipinski definition) is 4. The Hall–Kier alpha value is -2.87. The highest BCUT2D eigenvalue weighted by Gasteiger charge is 2.21. The predicted molar refractivity (Wildman–Crippen MR) is 96.4 cm³/mol. The van der Waals surface area contributed by atoms with Gasteiger partial charge in [0.1, 0.15) is 11.9 Å². The van der Waals surface area contributed by atoms with Gasteiger partial charge in [0.05, 0.1) is 11.3 Å². The third kappa shape index (κ3) is 3.97. The van der Waals surface area contributed by atoms with Crippen molar-refractivity contribution in [3.05, 3.63) is 59.4 Å². The normalized spacial score (nSPS) is 14.8. The SMILES string of the molecule is CC(=O)c1ccc(C#N)c(N2CCC(Nc3ccc(F)cc3)CC2)c1. The third-order valence-electron chi connectivity index (χ3n) is 4.58. The number of carbonyl (C=O) groups is 1. The summed E-state index contributed by atoms with van der Waals surface area (Å²) in [6, 6.07) is 14.1. The molecule has 4 nitrogen and oxygen atoms in total. The van der Waals surface area contributed by atoms with Crippen molar-refractivity contribution >= 4 is 17.2 Å². The zero-order chi connectivity index (χ0) is 17.8. The van der Waals surface area contributed by atoms with Gasteiger partial charge in [-0.25, -0.2) is 4.39 Å². The highest BCUT2D eigenvalue weighted by Crippen LogP contribution is 2.26. The number of hydrogen-bond donors (Lipinski definition) is 1. The number of benzene rings is 2. The molecule has 1 aliphatic rings. The fourth-order valence-electron chi connectivity index (χ4n) is 3.15. The van der Waals surface area contributed by atoms with Crippen LogP contribution in [0, 0.1) is 17.1 Å². The Morgan fingerprint density at radius 1 is 1.20 bits per heavy atom. The number of nitrogens with one attached hydrogen (secondary N) is 1. The first-order valence-electron chi connectivity index (χ1n) is 8.39. The van der Waals surface area contributed by atoms with E-state index in [0.717, 1.165) is 37.3 Å². The van der Waals surface area contributed by atoms with Crippen molar-refractivity contribution in [3.63, 3.8) is 0 Å². The molecule has 1 aliphatic heterocycles. The summed E-state index contributed by atoms with van der Waals surface area (Å²) in [5.41, 5.74) is 2.96. The number of nitriles is 1. The first-order chi connectivity index (χ1) is 12.1. The number of Topliss-reactive ketones (excluding diaryl/α,β-unsaturated/α-hetero) is 1. The largest absolute Gasteiger partial charge is 0.382 e. The Kier molecular flexibility index (Phi) is 4.99. The maximum atomic E-state index is 13.0. The van der Waals surface area contributed by atoms with E-state index in [1.54, 1.807) is 24.3 Å². The minimum atomic E-state index is -0.241. The molecule has 0 unspecified atom stereocenters. The molecule has 5 heteroatoms. The quantitative estimate of drug-likeness (QED) is 0.858. The van der Waals surface area contributed by atoms with Gasteiger partial charge < -0.3 is 10.2 Å². The number of rotatable bonds is 4. The predicted octanol–water partition coefficient (Wildman–Crippen LogP) is 3.98. The van der Waals surface area contributed by atoms with Gasteiger partial charge in [0.15, 0.2) is 5.78 Å². The standard InChI is InChI=1S/C20H20FN3O/c1-14(25)15-2-3-16(13-22)20(12-15)24-10-8-19(9-11-24)23-18-6-4-17(21)5-7-18/h2-7,12,19,23H,8-11H2,1H3. The van der Waals surface area contributed by atoms with Crippen LogP contribution in [0.3, 0.4) is 0 Å². The molecule has 0 saturated carbocycles. The van der Waals surface area contributed by atoms with Crippen LogP contribution in [0.15, 0.2) is 42.5 Å². The van der Waals surface area contributed by atoms with E-state index in [0.29, 0.717) is 17.2 Å². The summed E-state index contributed by atoms with van der Waals surface area (Å²) >= 11 is 0. The van der Waals surface area contributed by atoms with E-state index in [4.69, 9.17) is 0 Å². The fraction of sp³-hybridized carbons (Fsp3) is 0.300. The minimum absolute atomic E-state index is 0.00129. The van der Waals surface area contributed by atoms with E-state index in [1.165, 1.54) is 19.1 Å². The Balaban J connectivity index is 1.68. The molecule has 0 aliphatic carbocycles. The van der Waals surface area contributed by atoms with E-state index in [2.05, 4.69) is 16.3 Å². The Morgan fingerprint density at radius 3 is 2.48 bits per heavy atom. The van der Waals surface area contributed by atoms with Crippen molar-refractivity contribution in [1.82, 2.24) is 0 Å². The maximum absolute atomic E-state index is 13.0. The molecule has 0 atom stereocenters. The molecule has 3 rings (SSSR count). The zero-order valence-electron chi connectivity index (χ0n) is 14.1. The number of anilines is 2. The van der Waals surface area contributed by atoms with Gasteiger partial charge in [0.25, 0.3) is 0 Å². The Morgan fingerprint density at radius 2 is 1.88 bits per heavy atom. The van der Waals surface area contributed by atoms with Gasteiger partial charge in [-0.3, -0.25) is 4.79 Å². The summed E-state index contributed by atoms with van der Waals surface area (Å²) < 4.78 is 13.0.